The van der Waals surface area contributed by atoms with E-state index in [4.69, 9.17) is 5.73 Å². The van der Waals surface area contributed by atoms with E-state index in [1.807, 2.05) is 0 Å². The van der Waals surface area contributed by atoms with Gasteiger partial charge in [-0.15, -0.1) is 0 Å². The number of amides is 1. The van der Waals surface area contributed by atoms with E-state index < -0.39 is 0 Å². The topological polar surface area (TPSA) is 55.1 Å². The van der Waals surface area contributed by atoms with E-state index in [1.165, 1.54) is 12.1 Å². The fourth-order valence-electron chi connectivity index (χ4n) is 1.80. The molecule has 1 atom stereocenters. The Morgan fingerprint density at radius 1 is 1.44 bits per heavy atom. The van der Waals surface area contributed by atoms with Crippen molar-refractivity contribution in [3.05, 3.63) is 35.1 Å². The molecule has 3 N–H and O–H groups in total. The van der Waals surface area contributed by atoms with E-state index in [2.05, 4.69) is 19.2 Å². The van der Waals surface area contributed by atoms with Crippen molar-refractivity contribution >= 4 is 5.91 Å². The van der Waals surface area contributed by atoms with Crippen molar-refractivity contribution in [3.8, 4) is 0 Å². The zero-order chi connectivity index (χ0) is 13.7. The molecule has 1 amide bonds. The lowest BCUT2D eigenvalue weighted by atomic mass is 10.0. The lowest BCUT2D eigenvalue weighted by Crippen LogP contribution is -2.38. The summed E-state index contributed by atoms with van der Waals surface area (Å²) in [5, 5.41) is 2.76. The SMILES string of the molecule is Cc1cc(C(=O)NCC(N)CC(C)C)ccc1F. The summed E-state index contributed by atoms with van der Waals surface area (Å²) in [6.07, 6.45) is 0.864. The highest BCUT2D eigenvalue weighted by Crippen LogP contribution is 2.09. The second-order valence-corrected chi connectivity index (χ2v) is 5.06. The van der Waals surface area contributed by atoms with E-state index in [0.29, 0.717) is 23.6 Å². The molecule has 0 aromatic heterocycles. The first-order valence-corrected chi connectivity index (χ1v) is 6.20. The largest absolute Gasteiger partial charge is 0.350 e. The molecule has 0 aliphatic heterocycles. The summed E-state index contributed by atoms with van der Waals surface area (Å²) in [4.78, 5) is 11.8. The van der Waals surface area contributed by atoms with Crippen LogP contribution in [0.15, 0.2) is 18.2 Å². The number of carbonyl (C=O) groups is 1. The molecule has 0 saturated heterocycles. The third kappa shape index (κ3) is 4.45. The molecule has 0 heterocycles. The van der Waals surface area contributed by atoms with Gasteiger partial charge in [0.15, 0.2) is 0 Å². The number of benzene rings is 1. The maximum absolute atomic E-state index is 13.1. The molecule has 0 spiro atoms. The van der Waals surface area contributed by atoms with Crippen LogP contribution >= 0.6 is 0 Å². The molecule has 4 heteroatoms. The number of nitrogens with one attached hydrogen (secondary N) is 1. The van der Waals surface area contributed by atoms with Crippen molar-refractivity contribution in [2.75, 3.05) is 6.54 Å². The van der Waals surface area contributed by atoms with Gasteiger partial charge in [-0.3, -0.25) is 4.79 Å². The summed E-state index contributed by atoms with van der Waals surface area (Å²) in [5.74, 6) is -0.00895. The standard InChI is InChI=1S/C14H21FN2O/c1-9(2)6-12(16)8-17-14(18)11-4-5-13(15)10(3)7-11/h4-5,7,9,12H,6,8,16H2,1-3H3,(H,17,18). The van der Waals surface area contributed by atoms with Crippen LogP contribution in [0, 0.1) is 18.7 Å². The van der Waals surface area contributed by atoms with Crippen molar-refractivity contribution in [1.82, 2.24) is 5.32 Å². The molecular formula is C14H21FN2O. The molecule has 1 rings (SSSR count). The fraction of sp³-hybridized carbons (Fsp3) is 0.500. The predicted octanol–water partition coefficient (Wildman–Crippen LogP) is 2.24. The summed E-state index contributed by atoms with van der Waals surface area (Å²) in [6, 6.07) is 4.28. The molecule has 100 valence electrons. The summed E-state index contributed by atoms with van der Waals surface area (Å²) in [6.45, 7) is 6.25. The molecule has 0 saturated carbocycles. The van der Waals surface area contributed by atoms with Gasteiger partial charge in [-0.05, 0) is 43.0 Å². The van der Waals surface area contributed by atoms with Crippen LogP contribution in [0.4, 0.5) is 4.39 Å². The summed E-state index contributed by atoms with van der Waals surface area (Å²) in [7, 11) is 0. The zero-order valence-electron chi connectivity index (χ0n) is 11.2. The smallest absolute Gasteiger partial charge is 0.251 e. The highest BCUT2D eigenvalue weighted by atomic mass is 19.1. The molecule has 0 bridgehead atoms. The average Bonchev–Trinajstić information content (AvgIpc) is 2.28. The van der Waals surface area contributed by atoms with Crippen molar-refractivity contribution < 1.29 is 9.18 Å². The molecule has 1 aromatic rings. The number of carbonyl (C=O) groups excluding carboxylic acids is 1. The highest BCUT2D eigenvalue weighted by molar-refractivity contribution is 5.94. The minimum absolute atomic E-state index is 0.0458. The quantitative estimate of drug-likeness (QED) is 0.844. The molecule has 0 fully saturated rings. The summed E-state index contributed by atoms with van der Waals surface area (Å²) >= 11 is 0. The Bertz CT molecular complexity index is 418. The van der Waals surface area contributed by atoms with Gasteiger partial charge in [-0.2, -0.15) is 0 Å². The molecule has 3 nitrogen and oxygen atoms in total. The van der Waals surface area contributed by atoms with Crippen molar-refractivity contribution in [1.29, 1.82) is 0 Å². The summed E-state index contributed by atoms with van der Waals surface area (Å²) in [5.41, 5.74) is 6.81. The lowest BCUT2D eigenvalue weighted by Gasteiger charge is -2.15. The van der Waals surface area contributed by atoms with Crippen LogP contribution in [-0.2, 0) is 0 Å². The van der Waals surface area contributed by atoms with Crippen LogP contribution < -0.4 is 11.1 Å². The Labute approximate surface area is 108 Å². The monoisotopic (exact) mass is 252 g/mol. The first-order valence-electron chi connectivity index (χ1n) is 6.20. The van der Waals surface area contributed by atoms with Gasteiger partial charge in [0.1, 0.15) is 5.82 Å². The van der Waals surface area contributed by atoms with Crippen LogP contribution in [0.5, 0.6) is 0 Å². The average molecular weight is 252 g/mol. The predicted molar refractivity (Wildman–Crippen MR) is 70.9 cm³/mol. The molecule has 0 aliphatic rings. The van der Waals surface area contributed by atoms with Gasteiger partial charge in [-0.1, -0.05) is 13.8 Å². The number of hydrogen-bond acceptors (Lipinski definition) is 2. The Morgan fingerprint density at radius 2 is 2.11 bits per heavy atom. The maximum atomic E-state index is 13.1. The fourth-order valence-corrected chi connectivity index (χ4v) is 1.80. The highest BCUT2D eigenvalue weighted by Gasteiger charge is 2.10. The van der Waals surface area contributed by atoms with Crippen LogP contribution in [0.2, 0.25) is 0 Å². The number of hydrogen-bond donors (Lipinski definition) is 2. The van der Waals surface area contributed by atoms with Crippen molar-refractivity contribution in [3.63, 3.8) is 0 Å². The normalized spacial score (nSPS) is 12.6. The van der Waals surface area contributed by atoms with Crippen LogP contribution in [0.3, 0.4) is 0 Å². The van der Waals surface area contributed by atoms with Crippen LogP contribution in [-0.4, -0.2) is 18.5 Å². The minimum Gasteiger partial charge on any atom is -0.350 e. The van der Waals surface area contributed by atoms with E-state index in [9.17, 15) is 9.18 Å². The van der Waals surface area contributed by atoms with Crippen molar-refractivity contribution in [2.45, 2.75) is 33.2 Å². The van der Waals surface area contributed by atoms with Gasteiger partial charge >= 0.3 is 0 Å². The maximum Gasteiger partial charge on any atom is 0.251 e. The van der Waals surface area contributed by atoms with E-state index in [-0.39, 0.29) is 17.8 Å². The first-order chi connectivity index (χ1) is 8.40. The van der Waals surface area contributed by atoms with Gasteiger partial charge in [0, 0.05) is 18.2 Å². The van der Waals surface area contributed by atoms with Crippen LogP contribution in [0.1, 0.15) is 36.2 Å². The number of rotatable bonds is 5. The van der Waals surface area contributed by atoms with E-state index in [1.54, 1.807) is 13.0 Å². The Morgan fingerprint density at radius 3 is 2.67 bits per heavy atom. The molecule has 1 aromatic carbocycles. The third-order valence-corrected chi connectivity index (χ3v) is 2.72. The van der Waals surface area contributed by atoms with E-state index in [0.717, 1.165) is 6.42 Å². The minimum atomic E-state index is -0.303. The summed E-state index contributed by atoms with van der Waals surface area (Å²) < 4.78 is 13.1. The second-order valence-electron chi connectivity index (χ2n) is 5.06. The molecular weight excluding hydrogens is 231 g/mol. The third-order valence-electron chi connectivity index (χ3n) is 2.72. The van der Waals surface area contributed by atoms with Gasteiger partial charge in [-0.25, -0.2) is 4.39 Å². The number of nitrogens with two attached hydrogens (primary N) is 1. The number of halogens is 1. The van der Waals surface area contributed by atoms with Gasteiger partial charge in [0.2, 0.25) is 0 Å². The van der Waals surface area contributed by atoms with Crippen LogP contribution in [0.25, 0.3) is 0 Å². The molecule has 1 unspecified atom stereocenters. The Kier molecular flexibility index (Phi) is 5.28. The van der Waals surface area contributed by atoms with Crippen molar-refractivity contribution in [2.24, 2.45) is 11.7 Å². The Hall–Kier alpha value is -1.42. The second kappa shape index (κ2) is 6.50. The molecule has 18 heavy (non-hydrogen) atoms. The van der Waals surface area contributed by atoms with E-state index >= 15 is 0 Å². The molecule has 0 aliphatic carbocycles. The van der Waals surface area contributed by atoms with Gasteiger partial charge < -0.3 is 11.1 Å². The number of aryl methyl sites for hydroxylation is 1. The van der Waals surface area contributed by atoms with Gasteiger partial charge in [0.05, 0.1) is 0 Å². The lowest BCUT2D eigenvalue weighted by molar-refractivity contribution is 0.0950. The van der Waals surface area contributed by atoms with Gasteiger partial charge in [0.25, 0.3) is 5.91 Å². The molecule has 0 radical (unpaired) electrons. The first kappa shape index (κ1) is 14.6. The zero-order valence-corrected chi connectivity index (χ0v) is 11.2. The Balaban J connectivity index is 2.52.